The van der Waals surface area contributed by atoms with Crippen molar-refractivity contribution in [2.24, 2.45) is 5.92 Å². The van der Waals surface area contributed by atoms with Gasteiger partial charge in [-0.05, 0) is 46.1 Å². The molecule has 0 rings (SSSR count). The highest BCUT2D eigenvalue weighted by Crippen LogP contribution is 2.20. The minimum absolute atomic E-state index is 0.0559. The van der Waals surface area contributed by atoms with Crippen LogP contribution in [0, 0.1) is 5.92 Å². The minimum Gasteiger partial charge on any atom is -0.374 e. The van der Waals surface area contributed by atoms with Crippen LogP contribution in [0.2, 0.25) is 0 Å². The van der Waals surface area contributed by atoms with E-state index in [2.05, 4.69) is 46.9 Å². The molecule has 0 saturated heterocycles. The second kappa shape index (κ2) is 7.24. The van der Waals surface area contributed by atoms with E-state index in [-0.39, 0.29) is 5.60 Å². The predicted octanol–water partition coefficient (Wildman–Crippen LogP) is 3.22. The van der Waals surface area contributed by atoms with Gasteiger partial charge in [0.2, 0.25) is 0 Å². The van der Waals surface area contributed by atoms with Crippen LogP contribution < -0.4 is 5.32 Å². The number of likely N-dealkylation sites (N-methyl/N-ethyl adjacent to an activating group) is 1. The van der Waals surface area contributed by atoms with E-state index in [0.29, 0.717) is 6.04 Å². The number of nitrogens with one attached hydrogen (secondary N) is 1. The number of rotatable bonds is 8. The fourth-order valence-corrected chi connectivity index (χ4v) is 1.91. The minimum atomic E-state index is -0.0559. The van der Waals surface area contributed by atoms with Gasteiger partial charge in [0.25, 0.3) is 0 Å². The Morgan fingerprint density at radius 1 is 1.13 bits per heavy atom. The van der Waals surface area contributed by atoms with Crippen LogP contribution in [0.3, 0.4) is 0 Å². The van der Waals surface area contributed by atoms with Crippen LogP contribution in [0.1, 0.15) is 54.4 Å². The van der Waals surface area contributed by atoms with Gasteiger partial charge in [0.05, 0.1) is 5.60 Å². The maximum absolute atomic E-state index is 5.81. The SMILES string of the molecule is CCNC(CCC(C)C)C(C)(C)OCC. The van der Waals surface area contributed by atoms with E-state index >= 15 is 0 Å². The van der Waals surface area contributed by atoms with E-state index in [0.717, 1.165) is 19.1 Å². The molecule has 0 spiro atoms. The van der Waals surface area contributed by atoms with Crippen LogP contribution in [0.15, 0.2) is 0 Å². The summed E-state index contributed by atoms with van der Waals surface area (Å²) in [5.74, 6) is 0.767. The zero-order valence-electron chi connectivity index (χ0n) is 11.4. The molecule has 92 valence electrons. The van der Waals surface area contributed by atoms with Crippen LogP contribution >= 0.6 is 0 Å². The van der Waals surface area contributed by atoms with Crippen molar-refractivity contribution in [1.29, 1.82) is 0 Å². The first kappa shape index (κ1) is 14.9. The summed E-state index contributed by atoms with van der Waals surface area (Å²) in [6.07, 6.45) is 2.45. The highest BCUT2D eigenvalue weighted by molar-refractivity contribution is 4.85. The van der Waals surface area contributed by atoms with Crippen LogP contribution in [0.4, 0.5) is 0 Å². The lowest BCUT2D eigenvalue weighted by Crippen LogP contribution is -2.48. The summed E-state index contributed by atoms with van der Waals surface area (Å²) in [7, 11) is 0. The molecule has 0 heterocycles. The van der Waals surface area contributed by atoms with E-state index in [9.17, 15) is 0 Å². The molecule has 1 N–H and O–H groups in total. The fraction of sp³-hybridized carbons (Fsp3) is 1.00. The lowest BCUT2D eigenvalue weighted by molar-refractivity contribution is -0.0407. The molecule has 0 aliphatic heterocycles. The van der Waals surface area contributed by atoms with Crippen molar-refractivity contribution in [3.8, 4) is 0 Å². The van der Waals surface area contributed by atoms with Gasteiger partial charge in [-0.1, -0.05) is 20.8 Å². The maximum atomic E-state index is 5.81. The maximum Gasteiger partial charge on any atom is 0.0778 e. The van der Waals surface area contributed by atoms with Gasteiger partial charge < -0.3 is 10.1 Å². The van der Waals surface area contributed by atoms with Crippen molar-refractivity contribution in [1.82, 2.24) is 5.32 Å². The van der Waals surface area contributed by atoms with E-state index in [1.54, 1.807) is 0 Å². The second-order valence-corrected chi connectivity index (χ2v) is 5.12. The van der Waals surface area contributed by atoms with E-state index < -0.39 is 0 Å². The molecule has 0 bridgehead atoms. The fourth-order valence-electron chi connectivity index (χ4n) is 1.91. The summed E-state index contributed by atoms with van der Waals surface area (Å²) in [5, 5.41) is 3.54. The van der Waals surface area contributed by atoms with Crippen molar-refractivity contribution in [3.63, 3.8) is 0 Å². The highest BCUT2D eigenvalue weighted by Gasteiger charge is 2.28. The van der Waals surface area contributed by atoms with Crippen molar-refractivity contribution in [3.05, 3.63) is 0 Å². The third-order valence-corrected chi connectivity index (χ3v) is 2.84. The monoisotopic (exact) mass is 215 g/mol. The van der Waals surface area contributed by atoms with E-state index in [1.165, 1.54) is 12.8 Å². The first-order valence-electron chi connectivity index (χ1n) is 6.31. The van der Waals surface area contributed by atoms with E-state index in [4.69, 9.17) is 4.74 Å². The quantitative estimate of drug-likeness (QED) is 0.671. The Morgan fingerprint density at radius 3 is 2.13 bits per heavy atom. The van der Waals surface area contributed by atoms with Gasteiger partial charge >= 0.3 is 0 Å². The first-order valence-corrected chi connectivity index (χ1v) is 6.31. The molecule has 15 heavy (non-hydrogen) atoms. The van der Waals surface area contributed by atoms with Crippen LogP contribution in [0.5, 0.6) is 0 Å². The Kier molecular flexibility index (Phi) is 7.20. The zero-order valence-corrected chi connectivity index (χ0v) is 11.4. The van der Waals surface area contributed by atoms with Crippen LogP contribution in [0.25, 0.3) is 0 Å². The molecule has 2 heteroatoms. The number of hydrogen-bond acceptors (Lipinski definition) is 2. The van der Waals surface area contributed by atoms with Gasteiger partial charge in [-0.3, -0.25) is 0 Å². The Labute approximate surface area is 95.8 Å². The van der Waals surface area contributed by atoms with Crippen molar-refractivity contribution < 1.29 is 4.74 Å². The third-order valence-electron chi connectivity index (χ3n) is 2.84. The molecular formula is C13H29NO. The Bertz CT molecular complexity index is 155. The molecule has 0 fully saturated rings. The Morgan fingerprint density at radius 2 is 1.73 bits per heavy atom. The summed E-state index contributed by atoms with van der Waals surface area (Å²) in [5.41, 5.74) is -0.0559. The standard InChI is InChI=1S/C13H29NO/c1-7-14-12(10-9-11(3)4)13(5,6)15-8-2/h11-12,14H,7-10H2,1-6H3. The number of ether oxygens (including phenoxy) is 1. The van der Waals surface area contributed by atoms with Crippen molar-refractivity contribution >= 4 is 0 Å². The Balaban J connectivity index is 4.22. The van der Waals surface area contributed by atoms with Gasteiger partial charge in [-0.25, -0.2) is 0 Å². The molecule has 0 aliphatic rings. The molecule has 0 saturated carbocycles. The molecule has 1 atom stereocenters. The average Bonchev–Trinajstić information content (AvgIpc) is 2.11. The normalized spacial score (nSPS) is 14.6. The average molecular weight is 215 g/mol. The molecule has 0 aliphatic carbocycles. The zero-order chi connectivity index (χ0) is 11.9. The summed E-state index contributed by atoms with van der Waals surface area (Å²) in [6.45, 7) is 14.9. The molecule has 1 unspecified atom stereocenters. The van der Waals surface area contributed by atoms with Gasteiger partial charge in [-0.2, -0.15) is 0 Å². The number of hydrogen-bond donors (Lipinski definition) is 1. The molecular weight excluding hydrogens is 186 g/mol. The van der Waals surface area contributed by atoms with Crippen molar-refractivity contribution in [2.75, 3.05) is 13.2 Å². The molecule has 0 aromatic rings. The topological polar surface area (TPSA) is 21.3 Å². The van der Waals surface area contributed by atoms with Gasteiger partial charge in [0.1, 0.15) is 0 Å². The first-order chi connectivity index (χ1) is 6.94. The summed E-state index contributed by atoms with van der Waals surface area (Å²) in [4.78, 5) is 0. The molecule has 0 aromatic heterocycles. The van der Waals surface area contributed by atoms with Crippen LogP contribution in [-0.4, -0.2) is 24.8 Å². The summed E-state index contributed by atoms with van der Waals surface area (Å²) < 4.78 is 5.81. The largest absolute Gasteiger partial charge is 0.374 e. The summed E-state index contributed by atoms with van der Waals surface area (Å²) >= 11 is 0. The lowest BCUT2D eigenvalue weighted by Gasteiger charge is -2.35. The smallest absolute Gasteiger partial charge is 0.0778 e. The molecule has 0 amide bonds. The highest BCUT2D eigenvalue weighted by atomic mass is 16.5. The summed E-state index contributed by atoms with van der Waals surface area (Å²) in [6, 6.07) is 0.463. The lowest BCUT2D eigenvalue weighted by atomic mass is 9.91. The van der Waals surface area contributed by atoms with E-state index in [1.807, 2.05) is 0 Å². The Hall–Kier alpha value is -0.0800. The molecule has 0 aromatic carbocycles. The van der Waals surface area contributed by atoms with Gasteiger partial charge in [-0.15, -0.1) is 0 Å². The van der Waals surface area contributed by atoms with Crippen LogP contribution in [-0.2, 0) is 4.74 Å². The molecule has 0 radical (unpaired) electrons. The molecule has 2 nitrogen and oxygen atoms in total. The predicted molar refractivity (Wildman–Crippen MR) is 67.2 cm³/mol. The van der Waals surface area contributed by atoms with Gasteiger partial charge in [0.15, 0.2) is 0 Å². The van der Waals surface area contributed by atoms with Crippen molar-refractivity contribution in [2.45, 2.75) is 66.0 Å². The van der Waals surface area contributed by atoms with Gasteiger partial charge in [0, 0.05) is 12.6 Å². The third kappa shape index (κ3) is 6.16. The second-order valence-electron chi connectivity index (χ2n) is 5.12.